The molecule has 0 N–H and O–H groups in total. The molecule has 2 aromatic carbocycles. The fourth-order valence-corrected chi connectivity index (χ4v) is 2.47. The Bertz CT molecular complexity index is 608. The van der Waals surface area contributed by atoms with Crippen molar-refractivity contribution < 1.29 is 18.0 Å². The Morgan fingerprint density at radius 2 is 1.65 bits per heavy atom. The van der Waals surface area contributed by atoms with Gasteiger partial charge in [-0.3, -0.25) is 4.79 Å². The number of carbonyl (C=O) groups is 1. The van der Waals surface area contributed by atoms with Crippen molar-refractivity contribution in [3.8, 4) is 0 Å². The van der Waals surface area contributed by atoms with Gasteiger partial charge in [-0.25, -0.2) is 13.2 Å². The molecular weight excluding hydrogens is 285 g/mol. The van der Waals surface area contributed by atoms with Gasteiger partial charge in [0, 0.05) is 16.9 Å². The van der Waals surface area contributed by atoms with Gasteiger partial charge in [0.1, 0.15) is 23.2 Å². The number of halogens is 3. The molecule has 0 unspecified atom stereocenters. The lowest BCUT2D eigenvalue weighted by Gasteiger charge is -2.04. The van der Waals surface area contributed by atoms with Crippen LogP contribution in [0.1, 0.15) is 5.56 Å². The maximum absolute atomic E-state index is 13.4. The van der Waals surface area contributed by atoms with Crippen LogP contribution in [0.25, 0.3) is 0 Å². The van der Waals surface area contributed by atoms with Gasteiger partial charge in [-0.05, 0) is 30.3 Å². The van der Waals surface area contributed by atoms with Crippen LogP contribution in [0, 0.1) is 17.5 Å². The SMILES string of the molecule is O=C(CSc1cccc(F)c1)Cc1c(F)cccc1F. The molecule has 0 aliphatic rings. The molecular formula is C15H11F3OS. The molecule has 0 radical (unpaired) electrons. The van der Waals surface area contributed by atoms with E-state index in [4.69, 9.17) is 0 Å². The highest BCUT2D eigenvalue weighted by atomic mass is 32.2. The second-order valence-corrected chi connectivity index (χ2v) is 5.21. The summed E-state index contributed by atoms with van der Waals surface area (Å²) >= 11 is 1.14. The quantitative estimate of drug-likeness (QED) is 0.776. The van der Waals surface area contributed by atoms with Crippen molar-refractivity contribution >= 4 is 17.5 Å². The number of thioether (sulfide) groups is 1. The maximum Gasteiger partial charge on any atom is 0.147 e. The topological polar surface area (TPSA) is 17.1 Å². The highest BCUT2D eigenvalue weighted by Gasteiger charge is 2.13. The Balaban J connectivity index is 1.96. The van der Waals surface area contributed by atoms with Crippen molar-refractivity contribution in [2.24, 2.45) is 0 Å². The second kappa shape index (κ2) is 6.61. The normalized spacial score (nSPS) is 10.6. The van der Waals surface area contributed by atoms with Crippen LogP contribution < -0.4 is 0 Å². The van der Waals surface area contributed by atoms with Crippen LogP contribution in [-0.4, -0.2) is 11.5 Å². The first-order valence-corrected chi connectivity index (χ1v) is 6.88. The number of carbonyl (C=O) groups excluding carboxylic acids is 1. The average Bonchev–Trinajstić information content (AvgIpc) is 2.41. The second-order valence-electron chi connectivity index (χ2n) is 4.16. The van der Waals surface area contributed by atoms with Gasteiger partial charge in [-0.1, -0.05) is 12.1 Å². The summed E-state index contributed by atoms with van der Waals surface area (Å²) in [7, 11) is 0. The van der Waals surface area contributed by atoms with E-state index in [-0.39, 0.29) is 29.3 Å². The molecule has 5 heteroatoms. The van der Waals surface area contributed by atoms with E-state index in [9.17, 15) is 18.0 Å². The Labute approximate surface area is 118 Å². The number of Topliss-reactive ketones (excluding diaryl/α,β-unsaturated/α-hetero) is 1. The van der Waals surface area contributed by atoms with E-state index in [1.807, 2.05) is 0 Å². The van der Waals surface area contributed by atoms with E-state index in [2.05, 4.69) is 0 Å². The average molecular weight is 296 g/mol. The molecule has 0 bridgehead atoms. The molecule has 0 atom stereocenters. The minimum atomic E-state index is -0.728. The fourth-order valence-electron chi connectivity index (χ4n) is 1.67. The smallest absolute Gasteiger partial charge is 0.147 e. The highest BCUT2D eigenvalue weighted by Crippen LogP contribution is 2.20. The van der Waals surface area contributed by atoms with Crippen molar-refractivity contribution in [2.75, 3.05) is 5.75 Å². The molecule has 104 valence electrons. The lowest BCUT2D eigenvalue weighted by atomic mass is 10.1. The monoisotopic (exact) mass is 296 g/mol. The lowest BCUT2D eigenvalue weighted by molar-refractivity contribution is -0.116. The first-order chi connectivity index (χ1) is 9.56. The third-order valence-electron chi connectivity index (χ3n) is 2.63. The highest BCUT2D eigenvalue weighted by molar-refractivity contribution is 8.00. The van der Waals surface area contributed by atoms with E-state index in [0.29, 0.717) is 4.90 Å². The summed E-state index contributed by atoms with van der Waals surface area (Å²) in [5.74, 6) is -2.12. The van der Waals surface area contributed by atoms with Crippen molar-refractivity contribution in [3.05, 3.63) is 65.5 Å². The van der Waals surface area contributed by atoms with Gasteiger partial charge < -0.3 is 0 Å². The third-order valence-corrected chi connectivity index (χ3v) is 3.69. The molecule has 0 aliphatic carbocycles. The van der Waals surface area contributed by atoms with Crippen molar-refractivity contribution in [2.45, 2.75) is 11.3 Å². The van der Waals surface area contributed by atoms with Crippen molar-refractivity contribution in [3.63, 3.8) is 0 Å². The van der Waals surface area contributed by atoms with E-state index >= 15 is 0 Å². The molecule has 0 amide bonds. The molecule has 0 aromatic heterocycles. The first kappa shape index (κ1) is 14.7. The minimum absolute atomic E-state index is 0.0389. The summed E-state index contributed by atoms with van der Waals surface area (Å²) < 4.78 is 39.7. The summed E-state index contributed by atoms with van der Waals surface area (Å²) in [5, 5.41) is 0. The Morgan fingerprint density at radius 1 is 1.00 bits per heavy atom. The predicted octanol–water partition coefficient (Wildman–Crippen LogP) is 4.01. The van der Waals surface area contributed by atoms with Crippen LogP contribution >= 0.6 is 11.8 Å². The number of benzene rings is 2. The molecule has 2 aromatic rings. The van der Waals surface area contributed by atoms with Gasteiger partial charge in [-0.15, -0.1) is 11.8 Å². The molecule has 0 fully saturated rings. The Kier molecular flexibility index (Phi) is 4.84. The van der Waals surface area contributed by atoms with Crippen LogP contribution in [0.3, 0.4) is 0 Å². The summed E-state index contributed by atoms with van der Waals surface area (Å²) in [4.78, 5) is 12.3. The summed E-state index contributed by atoms with van der Waals surface area (Å²) in [6, 6.07) is 9.31. The minimum Gasteiger partial charge on any atom is -0.298 e. The van der Waals surface area contributed by atoms with E-state index in [1.165, 1.54) is 18.2 Å². The van der Waals surface area contributed by atoms with Gasteiger partial charge in [0.25, 0.3) is 0 Å². The van der Waals surface area contributed by atoms with E-state index in [1.54, 1.807) is 12.1 Å². The Hall–Kier alpha value is -1.75. The third kappa shape index (κ3) is 3.87. The van der Waals surface area contributed by atoms with E-state index < -0.39 is 11.6 Å². The maximum atomic E-state index is 13.4. The van der Waals surface area contributed by atoms with Gasteiger partial charge in [0.05, 0.1) is 5.75 Å². The molecule has 0 saturated carbocycles. The summed E-state index contributed by atoms with van der Waals surface area (Å²) in [5.41, 5.74) is -0.225. The van der Waals surface area contributed by atoms with Crippen LogP contribution in [0.2, 0.25) is 0 Å². The van der Waals surface area contributed by atoms with Crippen LogP contribution in [-0.2, 0) is 11.2 Å². The standard InChI is InChI=1S/C15H11F3OS/c16-10-3-1-4-12(7-10)20-9-11(19)8-13-14(17)5-2-6-15(13)18/h1-7H,8-9H2. The number of hydrogen-bond donors (Lipinski definition) is 0. The van der Waals surface area contributed by atoms with Gasteiger partial charge in [0.2, 0.25) is 0 Å². The number of ketones is 1. The number of rotatable bonds is 5. The summed E-state index contributed by atoms with van der Waals surface area (Å²) in [6.45, 7) is 0. The molecule has 0 saturated heterocycles. The molecule has 2 rings (SSSR count). The number of hydrogen-bond acceptors (Lipinski definition) is 2. The molecule has 0 spiro atoms. The lowest BCUT2D eigenvalue weighted by Crippen LogP contribution is -2.09. The van der Waals surface area contributed by atoms with Gasteiger partial charge in [-0.2, -0.15) is 0 Å². The summed E-state index contributed by atoms with van der Waals surface area (Å²) in [6.07, 6.45) is -0.305. The first-order valence-electron chi connectivity index (χ1n) is 5.89. The van der Waals surface area contributed by atoms with Crippen molar-refractivity contribution in [1.82, 2.24) is 0 Å². The van der Waals surface area contributed by atoms with Crippen LogP contribution in [0.5, 0.6) is 0 Å². The van der Waals surface area contributed by atoms with Crippen LogP contribution in [0.15, 0.2) is 47.4 Å². The predicted molar refractivity (Wildman–Crippen MR) is 72.2 cm³/mol. The molecule has 0 aliphatic heterocycles. The zero-order valence-corrected chi connectivity index (χ0v) is 11.2. The van der Waals surface area contributed by atoms with Crippen LogP contribution in [0.4, 0.5) is 13.2 Å². The van der Waals surface area contributed by atoms with Crippen molar-refractivity contribution in [1.29, 1.82) is 0 Å². The zero-order valence-electron chi connectivity index (χ0n) is 10.4. The Morgan fingerprint density at radius 3 is 2.30 bits per heavy atom. The largest absolute Gasteiger partial charge is 0.298 e. The zero-order chi connectivity index (χ0) is 14.5. The van der Waals surface area contributed by atoms with Gasteiger partial charge in [0.15, 0.2) is 0 Å². The van der Waals surface area contributed by atoms with E-state index in [0.717, 1.165) is 23.9 Å². The van der Waals surface area contributed by atoms with Gasteiger partial charge >= 0.3 is 0 Å². The fraction of sp³-hybridized carbons (Fsp3) is 0.133. The molecule has 1 nitrogen and oxygen atoms in total. The molecule has 20 heavy (non-hydrogen) atoms. The molecule has 0 heterocycles.